The Morgan fingerprint density at radius 3 is 2.57 bits per heavy atom. The molecule has 0 saturated heterocycles. The van der Waals surface area contributed by atoms with Gasteiger partial charge in [-0.15, -0.1) is 0 Å². The molecule has 0 atom stereocenters. The third kappa shape index (κ3) is 3.16. The molecule has 2 heterocycles. The molecule has 2 aromatic heterocycles. The smallest absolute Gasteiger partial charge is 0.339 e. The third-order valence-corrected chi connectivity index (χ3v) is 3.18. The summed E-state index contributed by atoms with van der Waals surface area (Å²) in [5, 5.41) is 13.3. The second kappa shape index (κ2) is 5.87. The highest BCUT2D eigenvalue weighted by Crippen LogP contribution is 2.17. The maximum Gasteiger partial charge on any atom is 0.339 e. The molecule has 0 fully saturated rings. The van der Waals surface area contributed by atoms with Crippen LogP contribution in [0.2, 0.25) is 0 Å². The summed E-state index contributed by atoms with van der Waals surface area (Å²) in [6, 6.07) is 0. The minimum absolute atomic E-state index is 0.0182. The predicted molar refractivity (Wildman–Crippen MR) is 80.0 cm³/mol. The summed E-state index contributed by atoms with van der Waals surface area (Å²) < 4.78 is 1.76. The van der Waals surface area contributed by atoms with Crippen molar-refractivity contribution in [2.24, 2.45) is 7.05 Å². The van der Waals surface area contributed by atoms with Crippen molar-refractivity contribution in [1.82, 2.24) is 19.7 Å². The van der Waals surface area contributed by atoms with Gasteiger partial charge < -0.3 is 5.11 Å². The Kier molecular flexibility index (Phi) is 4.16. The number of aromatic nitrogens is 4. The number of rotatable bonds is 4. The summed E-state index contributed by atoms with van der Waals surface area (Å²) in [6.45, 7) is 5.79. The van der Waals surface area contributed by atoms with Crippen molar-refractivity contribution in [3.63, 3.8) is 0 Å². The van der Waals surface area contributed by atoms with Gasteiger partial charge in [-0.25, -0.2) is 14.8 Å². The Balaban J connectivity index is 2.38. The Labute approximate surface area is 123 Å². The summed E-state index contributed by atoms with van der Waals surface area (Å²) in [5.41, 5.74) is 2.71. The van der Waals surface area contributed by atoms with Gasteiger partial charge in [0.15, 0.2) is 5.82 Å². The van der Waals surface area contributed by atoms with Gasteiger partial charge in [0.1, 0.15) is 0 Å². The molecule has 6 heteroatoms. The van der Waals surface area contributed by atoms with Crippen molar-refractivity contribution in [2.45, 2.75) is 26.7 Å². The molecule has 0 aliphatic carbocycles. The highest BCUT2D eigenvalue weighted by atomic mass is 16.4. The van der Waals surface area contributed by atoms with Crippen LogP contribution in [0, 0.1) is 6.92 Å². The van der Waals surface area contributed by atoms with Crippen LogP contribution < -0.4 is 0 Å². The molecule has 0 amide bonds. The summed E-state index contributed by atoms with van der Waals surface area (Å²) in [7, 11) is 1.86. The van der Waals surface area contributed by atoms with Gasteiger partial charge in [-0.2, -0.15) is 5.10 Å². The molecule has 110 valence electrons. The second-order valence-corrected chi connectivity index (χ2v) is 5.16. The molecule has 0 unspecified atom stereocenters. The minimum Gasteiger partial charge on any atom is -0.478 e. The van der Waals surface area contributed by atoms with Gasteiger partial charge in [-0.1, -0.05) is 13.8 Å². The molecule has 1 N–H and O–H groups in total. The van der Waals surface area contributed by atoms with E-state index >= 15 is 0 Å². The average Bonchev–Trinajstić information content (AvgIpc) is 2.75. The van der Waals surface area contributed by atoms with Crippen molar-refractivity contribution in [2.75, 3.05) is 0 Å². The lowest BCUT2D eigenvalue weighted by Crippen LogP contribution is -2.08. The fourth-order valence-electron chi connectivity index (χ4n) is 2.04. The van der Waals surface area contributed by atoms with E-state index in [9.17, 15) is 4.79 Å². The lowest BCUT2D eigenvalue weighted by atomic mass is 10.1. The molecule has 0 aromatic carbocycles. The van der Waals surface area contributed by atoms with Crippen LogP contribution in [0.15, 0.2) is 12.4 Å². The molecular formula is C15H18N4O2. The number of hydrogen-bond donors (Lipinski definition) is 1. The fraction of sp³-hybridized carbons (Fsp3) is 0.333. The van der Waals surface area contributed by atoms with Crippen LogP contribution in [-0.4, -0.2) is 30.8 Å². The Morgan fingerprint density at radius 2 is 2.05 bits per heavy atom. The minimum atomic E-state index is -1.00. The molecule has 2 aromatic rings. The second-order valence-electron chi connectivity index (χ2n) is 5.16. The lowest BCUT2D eigenvalue weighted by Gasteiger charge is -2.08. The first kappa shape index (κ1) is 14.9. The van der Waals surface area contributed by atoms with E-state index in [0.29, 0.717) is 11.5 Å². The van der Waals surface area contributed by atoms with Crippen LogP contribution in [0.1, 0.15) is 52.9 Å². The van der Waals surface area contributed by atoms with Crippen molar-refractivity contribution in [1.29, 1.82) is 0 Å². The molecular weight excluding hydrogens is 268 g/mol. The van der Waals surface area contributed by atoms with Crippen molar-refractivity contribution >= 4 is 18.1 Å². The lowest BCUT2D eigenvalue weighted by molar-refractivity contribution is 0.0694. The number of carbonyl (C=O) groups is 1. The van der Waals surface area contributed by atoms with Crippen LogP contribution >= 0.6 is 0 Å². The van der Waals surface area contributed by atoms with E-state index in [2.05, 4.69) is 15.1 Å². The van der Waals surface area contributed by atoms with E-state index in [0.717, 1.165) is 11.3 Å². The SMILES string of the molecule is Cc1cnn(C)c1C=Cc1ncc(C(=O)O)c(C(C)C)n1. The summed E-state index contributed by atoms with van der Waals surface area (Å²) >= 11 is 0. The van der Waals surface area contributed by atoms with Crippen LogP contribution in [0.5, 0.6) is 0 Å². The zero-order valence-electron chi connectivity index (χ0n) is 12.5. The van der Waals surface area contributed by atoms with Gasteiger partial charge in [0.2, 0.25) is 0 Å². The predicted octanol–water partition coefficient (Wildman–Crippen LogP) is 2.51. The molecule has 0 saturated carbocycles. The number of hydrogen-bond acceptors (Lipinski definition) is 4. The highest BCUT2D eigenvalue weighted by Gasteiger charge is 2.15. The van der Waals surface area contributed by atoms with Gasteiger partial charge in [0.25, 0.3) is 0 Å². The van der Waals surface area contributed by atoms with Crippen LogP contribution in [-0.2, 0) is 7.05 Å². The van der Waals surface area contributed by atoms with Gasteiger partial charge in [0, 0.05) is 13.2 Å². The van der Waals surface area contributed by atoms with E-state index in [1.54, 1.807) is 17.0 Å². The van der Waals surface area contributed by atoms with E-state index in [4.69, 9.17) is 5.11 Å². The summed E-state index contributed by atoms with van der Waals surface area (Å²) in [6.07, 6.45) is 6.79. The van der Waals surface area contributed by atoms with Crippen molar-refractivity contribution in [3.8, 4) is 0 Å². The third-order valence-electron chi connectivity index (χ3n) is 3.18. The van der Waals surface area contributed by atoms with Crippen molar-refractivity contribution < 1.29 is 9.90 Å². The summed E-state index contributed by atoms with van der Waals surface area (Å²) in [4.78, 5) is 19.6. The normalized spacial score (nSPS) is 11.5. The van der Waals surface area contributed by atoms with Gasteiger partial charge in [-0.3, -0.25) is 4.68 Å². The topological polar surface area (TPSA) is 80.9 Å². The maximum absolute atomic E-state index is 11.2. The molecule has 0 aliphatic rings. The molecule has 0 spiro atoms. The molecule has 0 bridgehead atoms. The van der Waals surface area contributed by atoms with E-state index in [1.165, 1.54) is 6.20 Å². The first-order valence-electron chi connectivity index (χ1n) is 6.67. The fourth-order valence-corrected chi connectivity index (χ4v) is 2.04. The zero-order valence-corrected chi connectivity index (χ0v) is 12.5. The van der Waals surface area contributed by atoms with Gasteiger partial charge in [0.05, 0.1) is 23.1 Å². The van der Waals surface area contributed by atoms with Crippen LogP contribution in [0.25, 0.3) is 12.2 Å². The standard InChI is InChI=1S/C15H18N4O2/c1-9(2)14-11(15(20)21)8-16-13(18-14)6-5-12-10(3)7-17-19(12)4/h5-9H,1-4H3,(H,20,21). The number of aromatic carboxylic acids is 1. The van der Waals surface area contributed by atoms with Crippen LogP contribution in [0.4, 0.5) is 0 Å². The quantitative estimate of drug-likeness (QED) is 0.934. The van der Waals surface area contributed by atoms with Crippen LogP contribution in [0.3, 0.4) is 0 Å². The number of carboxylic acid groups (broad SMARTS) is 1. The van der Waals surface area contributed by atoms with E-state index in [-0.39, 0.29) is 11.5 Å². The first-order valence-corrected chi connectivity index (χ1v) is 6.67. The van der Waals surface area contributed by atoms with Crippen molar-refractivity contribution in [3.05, 3.63) is 40.7 Å². The van der Waals surface area contributed by atoms with E-state index < -0.39 is 5.97 Å². The Hall–Kier alpha value is -2.50. The van der Waals surface area contributed by atoms with Gasteiger partial charge in [-0.05, 0) is 30.6 Å². The molecule has 21 heavy (non-hydrogen) atoms. The molecule has 2 rings (SSSR count). The van der Waals surface area contributed by atoms with E-state index in [1.807, 2.05) is 33.9 Å². The maximum atomic E-state index is 11.2. The highest BCUT2D eigenvalue weighted by molar-refractivity contribution is 5.88. The number of aryl methyl sites for hydroxylation is 2. The largest absolute Gasteiger partial charge is 0.478 e. The first-order chi connectivity index (χ1) is 9.90. The monoisotopic (exact) mass is 286 g/mol. The molecule has 0 radical (unpaired) electrons. The Bertz CT molecular complexity index is 682. The average molecular weight is 286 g/mol. The Morgan fingerprint density at radius 1 is 1.33 bits per heavy atom. The number of nitrogens with zero attached hydrogens (tertiary/aromatic N) is 4. The zero-order chi connectivity index (χ0) is 15.6. The molecule has 6 nitrogen and oxygen atoms in total. The number of carboxylic acids is 1. The molecule has 0 aliphatic heterocycles. The van der Waals surface area contributed by atoms with Gasteiger partial charge >= 0.3 is 5.97 Å². The summed E-state index contributed by atoms with van der Waals surface area (Å²) in [5.74, 6) is -0.495.